The number of anilines is 2. The molecule has 0 unspecified atom stereocenters. The zero-order valence-electron chi connectivity index (χ0n) is 12.2. The van der Waals surface area contributed by atoms with Gasteiger partial charge in [-0.3, -0.25) is 4.79 Å². The van der Waals surface area contributed by atoms with Crippen molar-refractivity contribution >= 4 is 17.3 Å². The van der Waals surface area contributed by atoms with Crippen LogP contribution in [-0.2, 0) is 0 Å². The molecular formula is C17H18FN3O. The summed E-state index contributed by atoms with van der Waals surface area (Å²) in [5.74, 6) is -0.736. The molecule has 1 saturated carbocycles. The zero-order chi connectivity index (χ0) is 15.4. The van der Waals surface area contributed by atoms with E-state index < -0.39 is 0 Å². The Balaban J connectivity index is 1.63. The van der Waals surface area contributed by atoms with Gasteiger partial charge in [0, 0.05) is 11.7 Å². The van der Waals surface area contributed by atoms with Crippen molar-refractivity contribution in [2.24, 2.45) is 0 Å². The molecule has 22 heavy (non-hydrogen) atoms. The minimum absolute atomic E-state index is 0.307. The van der Waals surface area contributed by atoms with Gasteiger partial charge in [0.05, 0.1) is 11.9 Å². The van der Waals surface area contributed by atoms with Crippen LogP contribution in [-0.4, -0.2) is 16.9 Å². The second kappa shape index (κ2) is 6.56. The highest BCUT2D eigenvalue weighted by Gasteiger charge is 2.15. The molecule has 1 aliphatic rings. The van der Waals surface area contributed by atoms with Gasteiger partial charge in [0.1, 0.15) is 11.5 Å². The van der Waals surface area contributed by atoms with Gasteiger partial charge >= 0.3 is 0 Å². The number of aromatic nitrogens is 1. The van der Waals surface area contributed by atoms with Crippen molar-refractivity contribution in [3.8, 4) is 0 Å². The van der Waals surface area contributed by atoms with Gasteiger partial charge < -0.3 is 10.6 Å². The van der Waals surface area contributed by atoms with Gasteiger partial charge in [-0.15, -0.1) is 0 Å². The average molecular weight is 299 g/mol. The first-order valence-corrected chi connectivity index (χ1v) is 7.50. The van der Waals surface area contributed by atoms with E-state index in [0.717, 1.165) is 5.69 Å². The summed E-state index contributed by atoms with van der Waals surface area (Å²) in [7, 11) is 0. The summed E-state index contributed by atoms with van der Waals surface area (Å²) >= 11 is 0. The monoisotopic (exact) mass is 299 g/mol. The first kappa shape index (κ1) is 14.5. The Bertz CT molecular complexity index is 651. The lowest BCUT2D eigenvalue weighted by molar-refractivity contribution is 0.102. The summed E-state index contributed by atoms with van der Waals surface area (Å²) < 4.78 is 13.1. The zero-order valence-corrected chi connectivity index (χ0v) is 12.2. The predicted molar refractivity (Wildman–Crippen MR) is 84.5 cm³/mol. The molecule has 1 aromatic heterocycles. The maximum atomic E-state index is 13.1. The number of hydrogen-bond acceptors (Lipinski definition) is 3. The van der Waals surface area contributed by atoms with Gasteiger partial charge in [-0.2, -0.15) is 0 Å². The molecule has 1 aliphatic carbocycles. The topological polar surface area (TPSA) is 54.0 Å². The van der Waals surface area contributed by atoms with Gasteiger partial charge in [-0.05, 0) is 43.2 Å². The highest BCUT2D eigenvalue weighted by molar-refractivity contribution is 6.02. The van der Waals surface area contributed by atoms with E-state index in [9.17, 15) is 9.18 Å². The number of nitrogens with zero attached hydrogens (tertiary/aromatic N) is 1. The molecule has 0 saturated heterocycles. The molecule has 114 valence electrons. The number of amides is 1. The molecule has 2 N–H and O–H groups in total. The average Bonchev–Trinajstić information content (AvgIpc) is 3.01. The van der Waals surface area contributed by atoms with E-state index in [1.165, 1.54) is 37.8 Å². The minimum Gasteiger partial charge on any atom is -0.381 e. The molecule has 5 heteroatoms. The van der Waals surface area contributed by atoms with Gasteiger partial charge in [-0.1, -0.05) is 18.9 Å². The Morgan fingerprint density at radius 1 is 1.14 bits per heavy atom. The van der Waals surface area contributed by atoms with E-state index in [-0.39, 0.29) is 11.7 Å². The Kier molecular flexibility index (Phi) is 4.32. The van der Waals surface area contributed by atoms with Crippen molar-refractivity contribution < 1.29 is 9.18 Å². The molecule has 3 rings (SSSR count). The van der Waals surface area contributed by atoms with Crippen molar-refractivity contribution in [1.82, 2.24) is 4.98 Å². The third-order valence-corrected chi connectivity index (χ3v) is 3.80. The molecule has 0 atom stereocenters. The van der Waals surface area contributed by atoms with E-state index >= 15 is 0 Å². The van der Waals surface area contributed by atoms with E-state index in [4.69, 9.17) is 0 Å². The number of hydrogen-bond donors (Lipinski definition) is 2. The molecule has 1 amide bonds. The number of benzene rings is 1. The summed E-state index contributed by atoms with van der Waals surface area (Å²) in [6.07, 6.45) is 6.56. The minimum atomic E-state index is -0.387. The molecule has 1 heterocycles. The second-order valence-electron chi connectivity index (χ2n) is 5.52. The lowest BCUT2D eigenvalue weighted by Gasteiger charge is -2.13. The maximum Gasteiger partial charge on any atom is 0.274 e. The third-order valence-electron chi connectivity index (χ3n) is 3.80. The Morgan fingerprint density at radius 3 is 2.64 bits per heavy atom. The highest BCUT2D eigenvalue weighted by Crippen LogP contribution is 2.22. The lowest BCUT2D eigenvalue weighted by atomic mass is 10.2. The summed E-state index contributed by atoms with van der Waals surface area (Å²) in [5.41, 5.74) is 1.65. The van der Waals surface area contributed by atoms with Crippen molar-refractivity contribution in [3.63, 3.8) is 0 Å². The standard InChI is InChI=1S/C17H18FN3O/c18-12-4-3-7-14(10-12)21-17(22)16-9-8-15(11-19-16)20-13-5-1-2-6-13/h3-4,7-11,13,20H,1-2,5-6H2,(H,21,22). The molecule has 0 spiro atoms. The summed E-state index contributed by atoms with van der Waals surface area (Å²) in [6.45, 7) is 0. The SMILES string of the molecule is O=C(Nc1cccc(F)c1)c1ccc(NC2CCCC2)cn1. The van der Waals surface area contributed by atoms with E-state index in [1.807, 2.05) is 6.07 Å². The van der Waals surface area contributed by atoms with Crippen LogP contribution >= 0.6 is 0 Å². The fourth-order valence-electron chi connectivity index (χ4n) is 2.68. The summed E-state index contributed by atoms with van der Waals surface area (Å²) in [4.78, 5) is 16.2. The van der Waals surface area contributed by atoms with Crippen molar-refractivity contribution in [1.29, 1.82) is 0 Å². The van der Waals surface area contributed by atoms with Gasteiger partial charge in [0.15, 0.2) is 0 Å². The third kappa shape index (κ3) is 3.61. The lowest BCUT2D eigenvalue weighted by Crippen LogP contribution is -2.16. The molecule has 2 aromatic rings. The Hall–Kier alpha value is -2.43. The molecular weight excluding hydrogens is 281 g/mol. The fraction of sp³-hybridized carbons (Fsp3) is 0.294. The Morgan fingerprint density at radius 2 is 1.95 bits per heavy atom. The smallest absolute Gasteiger partial charge is 0.274 e. The number of carbonyl (C=O) groups is 1. The fourth-order valence-corrected chi connectivity index (χ4v) is 2.68. The number of carbonyl (C=O) groups excluding carboxylic acids is 1. The molecule has 0 bridgehead atoms. The van der Waals surface area contributed by atoms with E-state index in [0.29, 0.717) is 17.4 Å². The van der Waals surface area contributed by atoms with E-state index in [2.05, 4.69) is 15.6 Å². The number of halogens is 1. The van der Waals surface area contributed by atoms with Gasteiger partial charge in [0.2, 0.25) is 0 Å². The van der Waals surface area contributed by atoms with Crippen LogP contribution in [0.1, 0.15) is 36.2 Å². The van der Waals surface area contributed by atoms with Crippen LogP contribution in [0.2, 0.25) is 0 Å². The van der Waals surface area contributed by atoms with Gasteiger partial charge in [0.25, 0.3) is 5.91 Å². The van der Waals surface area contributed by atoms with Crippen LogP contribution in [0.25, 0.3) is 0 Å². The van der Waals surface area contributed by atoms with Crippen LogP contribution in [0.5, 0.6) is 0 Å². The summed E-state index contributed by atoms with van der Waals surface area (Å²) in [5, 5.41) is 6.05. The highest BCUT2D eigenvalue weighted by atomic mass is 19.1. The molecule has 1 aromatic carbocycles. The molecule has 0 radical (unpaired) electrons. The normalized spacial score (nSPS) is 14.8. The maximum absolute atomic E-state index is 13.1. The number of nitrogens with one attached hydrogen (secondary N) is 2. The van der Waals surface area contributed by atoms with Crippen molar-refractivity contribution in [2.45, 2.75) is 31.7 Å². The first-order chi connectivity index (χ1) is 10.7. The second-order valence-corrected chi connectivity index (χ2v) is 5.52. The largest absolute Gasteiger partial charge is 0.381 e. The van der Waals surface area contributed by atoms with Crippen LogP contribution in [0.4, 0.5) is 15.8 Å². The number of pyridine rings is 1. The first-order valence-electron chi connectivity index (χ1n) is 7.50. The summed E-state index contributed by atoms with van der Waals surface area (Å²) in [6, 6.07) is 9.82. The van der Waals surface area contributed by atoms with Crippen LogP contribution < -0.4 is 10.6 Å². The van der Waals surface area contributed by atoms with Gasteiger partial charge in [-0.25, -0.2) is 9.37 Å². The van der Waals surface area contributed by atoms with E-state index in [1.54, 1.807) is 24.4 Å². The van der Waals surface area contributed by atoms with Crippen LogP contribution in [0, 0.1) is 5.82 Å². The van der Waals surface area contributed by atoms with Crippen LogP contribution in [0.3, 0.4) is 0 Å². The molecule has 4 nitrogen and oxygen atoms in total. The van der Waals surface area contributed by atoms with Crippen molar-refractivity contribution in [3.05, 3.63) is 54.1 Å². The predicted octanol–water partition coefficient (Wildman–Crippen LogP) is 3.83. The molecule has 0 aliphatic heterocycles. The Labute approximate surface area is 128 Å². The van der Waals surface area contributed by atoms with Crippen LogP contribution in [0.15, 0.2) is 42.6 Å². The van der Waals surface area contributed by atoms with Crippen molar-refractivity contribution in [2.75, 3.05) is 10.6 Å². The molecule has 1 fully saturated rings. The number of rotatable bonds is 4. The quantitative estimate of drug-likeness (QED) is 0.902.